The summed E-state index contributed by atoms with van der Waals surface area (Å²) in [5.74, 6) is 0.996. The van der Waals surface area contributed by atoms with Crippen molar-refractivity contribution in [2.45, 2.75) is 38.3 Å². The topological polar surface area (TPSA) is 15.3 Å². The van der Waals surface area contributed by atoms with Gasteiger partial charge in [-0.2, -0.15) is 0 Å². The number of rotatable bonds is 3. The van der Waals surface area contributed by atoms with Crippen LogP contribution in [0.25, 0.3) is 0 Å². The molecule has 1 aliphatic carbocycles. The number of nitrogens with zero attached hydrogens (tertiary/aromatic N) is 1. The molecule has 0 aromatic carbocycles. The fourth-order valence-electron chi connectivity index (χ4n) is 2.18. The van der Waals surface area contributed by atoms with Crippen LogP contribution in [0, 0.1) is 5.92 Å². The van der Waals surface area contributed by atoms with Crippen LogP contribution in [0.3, 0.4) is 0 Å². The highest BCUT2D eigenvalue weighted by Gasteiger charge is 2.30. The highest BCUT2D eigenvalue weighted by atomic mass is 15.2. The van der Waals surface area contributed by atoms with Gasteiger partial charge in [0, 0.05) is 18.6 Å². The lowest BCUT2D eigenvalue weighted by atomic mass is 10.1. The van der Waals surface area contributed by atoms with Crippen molar-refractivity contribution in [2.24, 2.45) is 5.92 Å². The molecule has 0 bridgehead atoms. The number of hydrogen-bond acceptors (Lipinski definition) is 2. The summed E-state index contributed by atoms with van der Waals surface area (Å²) in [6, 6.07) is 1.53. The molecule has 1 saturated carbocycles. The summed E-state index contributed by atoms with van der Waals surface area (Å²) >= 11 is 0. The average molecular weight is 168 g/mol. The molecule has 2 aliphatic rings. The molecular formula is C10H20N2. The van der Waals surface area contributed by atoms with Crippen molar-refractivity contribution >= 4 is 0 Å². The second kappa shape index (κ2) is 3.35. The molecule has 2 fully saturated rings. The van der Waals surface area contributed by atoms with Gasteiger partial charge in [0.1, 0.15) is 0 Å². The summed E-state index contributed by atoms with van der Waals surface area (Å²) in [6.07, 6.45) is 4.25. The Balaban J connectivity index is 1.71. The lowest BCUT2D eigenvalue weighted by Gasteiger charge is -2.18. The van der Waals surface area contributed by atoms with Crippen molar-refractivity contribution < 1.29 is 0 Å². The smallest absolute Gasteiger partial charge is 0.0209 e. The van der Waals surface area contributed by atoms with Gasteiger partial charge in [0.05, 0.1) is 0 Å². The minimum absolute atomic E-state index is 0.765. The van der Waals surface area contributed by atoms with E-state index in [1.165, 1.54) is 32.4 Å². The largest absolute Gasteiger partial charge is 0.310 e. The van der Waals surface area contributed by atoms with Crippen LogP contribution < -0.4 is 5.32 Å². The van der Waals surface area contributed by atoms with Gasteiger partial charge in [-0.05, 0) is 45.7 Å². The van der Waals surface area contributed by atoms with Gasteiger partial charge in [-0.3, -0.25) is 0 Å². The van der Waals surface area contributed by atoms with Crippen LogP contribution in [0.1, 0.15) is 26.2 Å². The molecule has 1 aliphatic heterocycles. The van der Waals surface area contributed by atoms with Crippen molar-refractivity contribution in [3.63, 3.8) is 0 Å². The van der Waals surface area contributed by atoms with Crippen LogP contribution >= 0.6 is 0 Å². The van der Waals surface area contributed by atoms with Crippen LogP contribution in [-0.4, -0.2) is 37.1 Å². The van der Waals surface area contributed by atoms with Gasteiger partial charge >= 0.3 is 0 Å². The maximum absolute atomic E-state index is 3.73. The Morgan fingerprint density at radius 1 is 1.33 bits per heavy atom. The van der Waals surface area contributed by atoms with E-state index in [1.807, 2.05) is 0 Å². The van der Waals surface area contributed by atoms with E-state index in [9.17, 15) is 0 Å². The summed E-state index contributed by atoms with van der Waals surface area (Å²) in [4.78, 5) is 2.41. The van der Waals surface area contributed by atoms with E-state index in [2.05, 4.69) is 24.2 Å². The summed E-state index contributed by atoms with van der Waals surface area (Å²) in [5.41, 5.74) is 0. The molecule has 70 valence electrons. The van der Waals surface area contributed by atoms with Crippen molar-refractivity contribution in [1.29, 1.82) is 0 Å². The van der Waals surface area contributed by atoms with E-state index < -0.39 is 0 Å². The average Bonchev–Trinajstić information content (AvgIpc) is 2.78. The van der Waals surface area contributed by atoms with E-state index in [0.717, 1.165) is 18.0 Å². The van der Waals surface area contributed by atoms with Crippen molar-refractivity contribution in [1.82, 2.24) is 10.2 Å². The van der Waals surface area contributed by atoms with Gasteiger partial charge in [-0.25, -0.2) is 0 Å². The number of nitrogens with one attached hydrogen (secondary N) is 1. The van der Waals surface area contributed by atoms with E-state index in [0.29, 0.717) is 0 Å². The van der Waals surface area contributed by atoms with Crippen LogP contribution in [0.2, 0.25) is 0 Å². The molecular weight excluding hydrogens is 148 g/mol. The van der Waals surface area contributed by atoms with E-state index in [4.69, 9.17) is 0 Å². The Labute approximate surface area is 75.3 Å². The van der Waals surface area contributed by atoms with Gasteiger partial charge in [0.15, 0.2) is 0 Å². The molecule has 1 heterocycles. The predicted octanol–water partition coefficient (Wildman–Crippen LogP) is 1.08. The van der Waals surface area contributed by atoms with Crippen molar-refractivity contribution in [2.75, 3.05) is 20.1 Å². The molecule has 2 atom stereocenters. The fourth-order valence-corrected chi connectivity index (χ4v) is 2.18. The summed E-state index contributed by atoms with van der Waals surface area (Å²) in [5, 5.41) is 3.73. The molecule has 0 radical (unpaired) electrons. The second-order valence-corrected chi connectivity index (χ2v) is 4.54. The van der Waals surface area contributed by atoms with Crippen molar-refractivity contribution in [3.05, 3.63) is 0 Å². The number of likely N-dealkylation sites (N-methyl/N-ethyl adjacent to an activating group) is 1. The Bertz CT molecular complexity index is 154. The molecule has 0 spiro atoms. The first kappa shape index (κ1) is 8.52. The molecule has 2 heteroatoms. The molecule has 1 saturated heterocycles. The molecule has 2 rings (SSSR count). The monoisotopic (exact) mass is 168 g/mol. The maximum Gasteiger partial charge on any atom is 0.0209 e. The first-order valence-electron chi connectivity index (χ1n) is 5.20. The third-order valence-electron chi connectivity index (χ3n) is 3.22. The lowest BCUT2D eigenvalue weighted by molar-refractivity contribution is 0.375. The molecule has 0 aromatic rings. The molecule has 12 heavy (non-hydrogen) atoms. The van der Waals surface area contributed by atoms with Gasteiger partial charge < -0.3 is 10.2 Å². The maximum atomic E-state index is 3.73. The first-order valence-corrected chi connectivity index (χ1v) is 5.20. The summed E-state index contributed by atoms with van der Waals surface area (Å²) in [6.45, 7) is 4.86. The van der Waals surface area contributed by atoms with E-state index in [-0.39, 0.29) is 0 Å². The fraction of sp³-hybridized carbons (Fsp3) is 1.00. The zero-order valence-electron chi connectivity index (χ0n) is 8.21. The Kier molecular flexibility index (Phi) is 2.37. The SMILES string of the molecule is CC(N[C@@H]1CCN(C)C1)C1CC1. The zero-order chi connectivity index (χ0) is 8.55. The van der Waals surface area contributed by atoms with Crippen LogP contribution in [0.15, 0.2) is 0 Å². The normalized spacial score (nSPS) is 34.0. The van der Waals surface area contributed by atoms with Gasteiger partial charge in [-0.1, -0.05) is 0 Å². The Morgan fingerprint density at radius 2 is 2.08 bits per heavy atom. The standard InChI is InChI=1S/C10H20N2/c1-8(9-3-4-9)11-10-5-6-12(2)7-10/h8-11H,3-7H2,1-2H3/t8?,10-/m1/s1. The minimum Gasteiger partial charge on any atom is -0.310 e. The zero-order valence-corrected chi connectivity index (χ0v) is 8.21. The quantitative estimate of drug-likeness (QED) is 0.678. The van der Waals surface area contributed by atoms with Crippen LogP contribution in [0.5, 0.6) is 0 Å². The second-order valence-electron chi connectivity index (χ2n) is 4.54. The Morgan fingerprint density at radius 3 is 2.58 bits per heavy atom. The number of likely N-dealkylation sites (tertiary alicyclic amines) is 1. The predicted molar refractivity (Wildman–Crippen MR) is 51.2 cm³/mol. The Hall–Kier alpha value is -0.0800. The third-order valence-corrected chi connectivity index (χ3v) is 3.22. The summed E-state index contributed by atoms with van der Waals surface area (Å²) < 4.78 is 0. The van der Waals surface area contributed by atoms with Gasteiger partial charge in [-0.15, -0.1) is 0 Å². The lowest BCUT2D eigenvalue weighted by Crippen LogP contribution is -2.39. The minimum atomic E-state index is 0.765. The van der Waals surface area contributed by atoms with Crippen molar-refractivity contribution in [3.8, 4) is 0 Å². The highest BCUT2D eigenvalue weighted by molar-refractivity contribution is 4.88. The highest BCUT2D eigenvalue weighted by Crippen LogP contribution is 2.32. The van der Waals surface area contributed by atoms with E-state index >= 15 is 0 Å². The van der Waals surface area contributed by atoms with E-state index in [1.54, 1.807) is 0 Å². The molecule has 2 nitrogen and oxygen atoms in total. The number of hydrogen-bond donors (Lipinski definition) is 1. The summed E-state index contributed by atoms with van der Waals surface area (Å²) in [7, 11) is 2.21. The first-order chi connectivity index (χ1) is 5.75. The molecule has 0 aromatic heterocycles. The molecule has 1 N–H and O–H groups in total. The van der Waals surface area contributed by atoms with Gasteiger partial charge in [0.25, 0.3) is 0 Å². The van der Waals surface area contributed by atoms with Crippen LogP contribution in [0.4, 0.5) is 0 Å². The van der Waals surface area contributed by atoms with Gasteiger partial charge in [0.2, 0.25) is 0 Å². The third kappa shape index (κ3) is 1.99. The molecule has 0 amide bonds. The van der Waals surface area contributed by atoms with Crippen LogP contribution in [-0.2, 0) is 0 Å². The molecule has 1 unspecified atom stereocenters.